The highest BCUT2D eigenvalue weighted by atomic mass is 16.4. The van der Waals surface area contributed by atoms with Gasteiger partial charge in [0.05, 0.1) is 11.4 Å². The fourth-order valence-electron chi connectivity index (χ4n) is 5.59. The Bertz CT molecular complexity index is 1390. The lowest BCUT2D eigenvalue weighted by Crippen LogP contribution is -2.63. The summed E-state index contributed by atoms with van der Waals surface area (Å²) < 4.78 is 0. The zero-order valence-electron chi connectivity index (χ0n) is 22.3. The van der Waals surface area contributed by atoms with Gasteiger partial charge in [0.2, 0.25) is 17.7 Å². The highest BCUT2D eigenvalue weighted by molar-refractivity contribution is 6.24. The molecule has 202 valence electrons. The Morgan fingerprint density at radius 1 is 0.872 bits per heavy atom. The van der Waals surface area contributed by atoms with E-state index in [-0.39, 0.29) is 19.3 Å². The molecule has 2 unspecified atom stereocenters. The van der Waals surface area contributed by atoms with Crippen molar-refractivity contribution in [3.8, 4) is 0 Å². The van der Waals surface area contributed by atoms with Gasteiger partial charge in [-0.1, -0.05) is 74.5 Å². The molecule has 39 heavy (non-hydrogen) atoms. The van der Waals surface area contributed by atoms with Crippen molar-refractivity contribution in [2.45, 2.75) is 45.6 Å². The minimum atomic E-state index is -1.70. The van der Waals surface area contributed by atoms with E-state index in [1.165, 1.54) is 16.7 Å². The Morgan fingerprint density at radius 2 is 1.41 bits per heavy atom. The van der Waals surface area contributed by atoms with Crippen LogP contribution in [0.15, 0.2) is 84.9 Å². The Labute approximate surface area is 228 Å². The van der Waals surface area contributed by atoms with Crippen LogP contribution in [0.1, 0.15) is 45.6 Å². The number of carboxylic acid groups (broad SMARTS) is 1. The molecule has 1 aliphatic heterocycles. The van der Waals surface area contributed by atoms with Crippen LogP contribution in [0.5, 0.6) is 0 Å². The number of hydrogen-bond acceptors (Lipinski definition) is 4. The van der Waals surface area contributed by atoms with Crippen LogP contribution in [0, 0.1) is 11.3 Å². The van der Waals surface area contributed by atoms with E-state index in [9.17, 15) is 24.3 Å². The third kappa shape index (κ3) is 4.56. The summed E-state index contributed by atoms with van der Waals surface area (Å²) in [5.41, 5.74) is 4.71. The molecule has 8 nitrogen and oxygen atoms in total. The Balaban J connectivity index is 2.09. The van der Waals surface area contributed by atoms with Gasteiger partial charge >= 0.3 is 5.97 Å². The molecule has 0 fully saturated rings. The molecule has 0 saturated carbocycles. The standard InChI is InChI=1S/C31H33N3O5/c1-21(2)31(27(32)37,22-13-6-4-7-14-22)34-25-18-11-10-17-24(25)33(23-15-8-5-9-16-23)28(38)30(3,29(34)39)20-12-19-26(35)36/h4-11,13-18,21H,12,19-20H2,1-3H3,(H2,32,37)(H,35,36). The van der Waals surface area contributed by atoms with E-state index in [0.717, 1.165) is 0 Å². The second kappa shape index (κ2) is 10.7. The molecule has 1 aliphatic rings. The number of nitrogens with two attached hydrogens (primary N) is 1. The second-order valence-electron chi connectivity index (χ2n) is 10.3. The minimum absolute atomic E-state index is 0.0352. The third-order valence-corrected chi connectivity index (χ3v) is 7.57. The van der Waals surface area contributed by atoms with Gasteiger partial charge < -0.3 is 10.8 Å². The molecule has 3 amide bonds. The SMILES string of the molecule is CC(C)C(C(N)=O)(c1ccccc1)N1C(=O)C(C)(CCCC(=O)O)C(=O)N(c2ccccc2)c2ccccc21. The number of primary amides is 1. The molecule has 0 aliphatic carbocycles. The first kappa shape index (κ1) is 27.6. The Morgan fingerprint density at radius 3 is 1.95 bits per heavy atom. The maximum Gasteiger partial charge on any atom is 0.303 e. The van der Waals surface area contributed by atoms with Gasteiger partial charge in [0.15, 0.2) is 5.54 Å². The summed E-state index contributed by atoms with van der Waals surface area (Å²) in [5.74, 6) is -3.36. The monoisotopic (exact) mass is 527 g/mol. The molecule has 3 N–H and O–H groups in total. The lowest BCUT2D eigenvalue weighted by molar-refractivity contribution is -0.143. The van der Waals surface area contributed by atoms with Crippen molar-refractivity contribution in [2.24, 2.45) is 17.1 Å². The molecule has 1 heterocycles. The predicted molar refractivity (Wildman–Crippen MR) is 149 cm³/mol. The Hall–Kier alpha value is -4.46. The first-order valence-electron chi connectivity index (χ1n) is 13.0. The fraction of sp³-hybridized carbons (Fsp3) is 0.290. The van der Waals surface area contributed by atoms with Gasteiger partial charge in [-0.05, 0) is 55.5 Å². The number of carboxylic acids is 1. The molecule has 0 aromatic heterocycles. The summed E-state index contributed by atoms with van der Waals surface area (Å²) in [4.78, 5) is 57.2. The molecule has 2 atom stereocenters. The first-order chi connectivity index (χ1) is 18.6. The second-order valence-corrected chi connectivity index (χ2v) is 10.3. The van der Waals surface area contributed by atoms with Crippen molar-refractivity contribution >= 4 is 40.8 Å². The highest BCUT2D eigenvalue weighted by Crippen LogP contribution is 2.50. The molecule has 0 saturated heterocycles. The molecule has 0 spiro atoms. The number of anilines is 3. The van der Waals surface area contributed by atoms with Crippen LogP contribution in [0.25, 0.3) is 0 Å². The van der Waals surface area contributed by atoms with E-state index in [1.54, 1.807) is 72.8 Å². The van der Waals surface area contributed by atoms with Crippen molar-refractivity contribution in [3.05, 3.63) is 90.5 Å². The molecular formula is C31H33N3O5. The predicted octanol–water partition coefficient (Wildman–Crippen LogP) is 5.00. The average molecular weight is 528 g/mol. The summed E-state index contributed by atoms with van der Waals surface area (Å²) in [6.45, 7) is 5.17. The zero-order chi connectivity index (χ0) is 28.4. The summed E-state index contributed by atoms with van der Waals surface area (Å²) in [7, 11) is 0. The maximum absolute atomic E-state index is 14.8. The number of carbonyl (C=O) groups excluding carboxylic acids is 3. The zero-order valence-corrected chi connectivity index (χ0v) is 22.3. The van der Waals surface area contributed by atoms with Crippen LogP contribution in [-0.4, -0.2) is 28.8 Å². The number of carbonyl (C=O) groups is 4. The third-order valence-electron chi connectivity index (χ3n) is 7.57. The number of rotatable bonds is 9. The molecular weight excluding hydrogens is 494 g/mol. The van der Waals surface area contributed by atoms with Gasteiger partial charge in [0, 0.05) is 12.1 Å². The number of amides is 3. The van der Waals surface area contributed by atoms with Crippen molar-refractivity contribution < 1.29 is 24.3 Å². The molecule has 3 aromatic rings. The smallest absolute Gasteiger partial charge is 0.303 e. The Kier molecular flexibility index (Phi) is 7.58. The minimum Gasteiger partial charge on any atom is -0.481 e. The molecule has 0 radical (unpaired) electrons. The van der Waals surface area contributed by atoms with E-state index >= 15 is 0 Å². The van der Waals surface area contributed by atoms with E-state index in [4.69, 9.17) is 5.73 Å². The maximum atomic E-state index is 14.8. The lowest BCUT2D eigenvalue weighted by atomic mass is 9.74. The normalized spacial score (nSPS) is 18.9. The summed E-state index contributed by atoms with van der Waals surface area (Å²) in [6, 6.07) is 24.8. The van der Waals surface area contributed by atoms with Crippen LogP contribution in [-0.2, 0) is 24.7 Å². The number of fused-ring (bicyclic) bond motifs is 1. The van der Waals surface area contributed by atoms with Crippen LogP contribution < -0.4 is 15.5 Å². The number of aliphatic carboxylic acids is 1. The molecule has 0 bridgehead atoms. The average Bonchev–Trinajstić information content (AvgIpc) is 2.98. The summed E-state index contributed by atoms with van der Waals surface area (Å²) in [6.07, 6.45) is -0.155. The first-order valence-corrected chi connectivity index (χ1v) is 13.0. The summed E-state index contributed by atoms with van der Waals surface area (Å²) in [5, 5.41) is 9.31. The van der Waals surface area contributed by atoms with Crippen molar-refractivity contribution in [1.82, 2.24) is 0 Å². The van der Waals surface area contributed by atoms with Crippen molar-refractivity contribution in [2.75, 3.05) is 9.80 Å². The number of para-hydroxylation sites is 3. The molecule has 4 rings (SSSR count). The van der Waals surface area contributed by atoms with Gasteiger partial charge in [-0.15, -0.1) is 0 Å². The van der Waals surface area contributed by atoms with Gasteiger partial charge in [-0.3, -0.25) is 29.0 Å². The number of nitrogens with zero attached hydrogens (tertiary/aromatic N) is 2. The highest BCUT2D eigenvalue weighted by Gasteiger charge is 2.58. The summed E-state index contributed by atoms with van der Waals surface area (Å²) >= 11 is 0. The van der Waals surface area contributed by atoms with Crippen LogP contribution in [0.3, 0.4) is 0 Å². The lowest BCUT2D eigenvalue weighted by Gasteiger charge is -2.46. The van der Waals surface area contributed by atoms with Crippen LogP contribution in [0.2, 0.25) is 0 Å². The quantitative estimate of drug-likeness (QED) is 0.380. The molecule has 3 aromatic carbocycles. The molecule has 8 heteroatoms. The number of benzene rings is 3. The van der Waals surface area contributed by atoms with Gasteiger partial charge in [-0.2, -0.15) is 0 Å². The van der Waals surface area contributed by atoms with Gasteiger partial charge in [-0.25, -0.2) is 0 Å². The van der Waals surface area contributed by atoms with E-state index in [0.29, 0.717) is 22.6 Å². The van der Waals surface area contributed by atoms with Crippen LogP contribution in [0.4, 0.5) is 17.1 Å². The fourth-order valence-corrected chi connectivity index (χ4v) is 5.59. The van der Waals surface area contributed by atoms with Gasteiger partial charge in [0.25, 0.3) is 0 Å². The largest absolute Gasteiger partial charge is 0.481 e. The van der Waals surface area contributed by atoms with E-state index in [1.807, 2.05) is 26.0 Å². The topological polar surface area (TPSA) is 121 Å². The van der Waals surface area contributed by atoms with Crippen LogP contribution >= 0.6 is 0 Å². The van der Waals surface area contributed by atoms with Crippen molar-refractivity contribution in [1.29, 1.82) is 0 Å². The number of hydrogen-bond donors (Lipinski definition) is 2. The van der Waals surface area contributed by atoms with E-state index in [2.05, 4.69) is 0 Å². The van der Waals surface area contributed by atoms with Crippen molar-refractivity contribution in [3.63, 3.8) is 0 Å². The van der Waals surface area contributed by atoms with E-state index < -0.39 is 40.6 Å². The van der Waals surface area contributed by atoms with Gasteiger partial charge in [0.1, 0.15) is 5.41 Å².